The number of methoxy groups -OCH3 is 1. The molecule has 5 heteroatoms. The summed E-state index contributed by atoms with van der Waals surface area (Å²) in [5.74, 6) is 1.67. The summed E-state index contributed by atoms with van der Waals surface area (Å²) >= 11 is 1.58. The second kappa shape index (κ2) is 5.93. The van der Waals surface area contributed by atoms with Crippen molar-refractivity contribution < 1.29 is 4.74 Å². The molecule has 0 amide bonds. The minimum absolute atomic E-state index is 0.286. The summed E-state index contributed by atoms with van der Waals surface area (Å²) in [5.41, 5.74) is 6.94. The average molecular weight is 275 g/mol. The van der Waals surface area contributed by atoms with Crippen LogP contribution in [-0.4, -0.2) is 17.1 Å². The first kappa shape index (κ1) is 13.7. The fraction of sp³-hybridized carbons (Fsp3) is 0.286. The average Bonchev–Trinajstić information content (AvgIpc) is 2.38. The molecular formula is C14H17N3OS. The highest BCUT2D eigenvalue weighted by Crippen LogP contribution is 2.35. The van der Waals surface area contributed by atoms with E-state index in [2.05, 4.69) is 23.8 Å². The molecule has 19 heavy (non-hydrogen) atoms. The first-order chi connectivity index (χ1) is 9.11. The summed E-state index contributed by atoms with van der Waals surface area (Å²) in [6.07, 6.45) is 1.50. The minimum atomic E-state index is 0.286. The van der Waals surface area contributed by atoms with Crippen molar-refractivity contribution in [3.8, 4) is 5.75 Å². The molecule has 4 nitrogen and oxygen atoms in total. The van der Waals surface area contributed by atoms with Crippen LogP contribution in [0.5, 0.6) is 5.75 Å². The molecule has 0 unspecified atom stereocenters. The van der Waals surface area contributed by atoms with E-state index in [9.17, 15) is 0 Å². The smallest absolute Gasteiger partial charge is 0.131 e. The molecule has 0 bridgehead atoms. The lowest BCUT2D eigenvalue weighted by molar-refractivity contribution is 0.413. The SMILES string of the molecule is COc1cccc(Sc2ncnc(N)c2C(C)C)c1. The molecule has 1 aromatic carbocycles. The van der Waals surface area contributed by atoms with Gasteiger partial charge < -0.3 is 10.5 Å². The van der Waals surface area contributed by atoms with Gasteiger partial charge in [0.05, 0.1) is 7.11 Å². The Balaban J connectivity index is 2.35. The first-order valence-corrected chi connectivity index (χ1v) is 6.85. The summed E-state index contributed by atoms with van der Waals surface area (Å²) in [5, 5.41) is 0.899. The molecule has 0 fully saturated rings. The number of hydrogen-bond donors (Lipinski definition) is 1. The Morgan fingerprint density at radius 3 is 2.74 bits per heavy atom. The van der Waals surface area contributed by atoms with E-state index in [1.54, 1.807) is 18.9 Å². The maximum absolute atomic E-state index is 5.94. The summed E-state index contributed by atoms with van der Waals surface area (Å²) in [4.78, 5) is 9.48. The predicted molar refractivity (Wildman–Crippen MR) is 77.7 cm³/mol. The summed E-state index contributed by atoms with van der Waals surface area (Å²) in [7, 11) is 1.66. The van der Waals surface area contributed by atoms with Crippen LogP contribution >= 0.6 is 11.8 Å². The van der Waals surface area contributed by atoms with Gasteiger partial charge in [-0.15, -0.1) is 0 Å². The maximum Gasteiger partial charge on any atom is 0.131 e. The number of rotatable bonds is 4. The van der Waals surface area contributed by atoms with Gasteiger partial charge in [0.1, 0.15) is 22.9 Å². The molecule has 0 saturated heterocycles. The van der Waals surface area contributed by atoms with Crippen LogP contribution in [0.15, 0.2) is 40.5 Å². The molecule has 2 rings (SSSR count). The number of nitrogen functional groups attached to an aromatic ring is 1. The number of nitrogens with zero attached hydrogens (tertiary/aromatic N) is 2. The summed E-state index contributed by atoms with van der Waals surface area (Å²) in [6.45, 7) is 4.18. The van der Waals surface area contributed by atoms with Crippen molar-refractivity contribution in [1.29, 1.82) is 0 Å². The second-order valence-corrected chi connectivity index (χ2v) is 5.48. The summed E-state index contributed by atoms with van der Waals surface area (Å²) in [6, 6.07) is 7.88. The fourth-order valence-corrected chi connectivity index (χ4v) is 2.89. The van der Waals surface area contributed by atoms with Gasteiger partial charge >= 0.3 is 0 Å². The number of anilines is 1. The number of nitrogens with two attached hydrogens (primary N) is 1. The molecule has 0 radical (unpaired) electrons. The normalized spacial score (nSPS) is 10.7. The topological polar surface area (TPSA) is 61.0 Å². The van der Waals surface area contributed by atoms with Crippen LogP contribution in [0, 0.1) is 0 Å². The van der Waals surface area contributed by atoms with Crippen LogP contribution < -0.4 is 10.5 Å². The Bertz CT molecular complexity index is 572. The van der Waals surface area contributed by atoms with Gasteiger partial charge in [0, 0.05) is 10.5 Å². The number of hydrogen-bond acceptors (Lipinski definition) is 5. The lowest BCUT2D eigenvalue weighted by Gasteiger charge is -2.13. The third kappa shape index (κ3) is 3.17. The lowest BCUT2D eigenvalue weighted by atomic mass is 10.1. The fourth-order valence-electron chi connectivity index (χ4n) is 1.79. The number of aromatic nitrogens is 2. The van der Waals surface area contributed by atoms with Crippen molar-refractivity contribution in [3.63, 3.8) is 0 Å². The van der Waals surface area contributed by atoms with Crippen LogP contribution in [0.25, 0.3) is 0 Å². The molecule has 0 atom stereocenters. The van der Waals surface area contributed by atoms with E-state index in [1.165, 1.54) is 6.33 Å². The maximum atomic E-state index is 5.94. The van der Waals surface area contributed by atoms with Gasteiger partial charge in [-0.2, -0.15) is 0 Å². The molecule has 2 aromatic rings. The zero-order chi connectivity index (χ0) is 13.8. The molecule has 1 heterocycles. The van der Waals surface area contributed by atoms with E-state index in [4.69, 9.17) is 10.5 Å². The molecule has 0 aliphatic rings. The standard InChI is InChI=1S/C14H17N3OS/c1-9(2)12-13(15)16-8-17-14(12)19-11-6-4-5-10(7-11)18-3/h4-9H,1-3H3,(H2,15,16,17). The molecule has 0 saturated carbocycles. The molecule has 0 aliphatic carbocycles. The Labute approximate surface area is 117 Å². The number of benzene rings is 1. The Morgan fingerprint density at radius 2 is 2.05 bits per heavy atom. The van der Waals surface area contributed by atoms with Gasteiger partial charge in [-0.3, -0.25) is 0 Å². The Hall–Kier alpha value is -1.75. The molecule has 0 aliphatic heterocycles. The van der Waals surface area contributed by atoms with Crippen LogP contribution in [0.1, 0.15) is 25.3 Å². The van der Waals surface area contributed by atoms with Crippen LogP contribution in [0.2, 0.25) is 0 Å². The van der Waals surface area contributed by atoms with Gasteiger partial charge in [0.15, 0.2) is 0 Å². The highest BCUT2D eigenvalue weighted by Gasteiger charge is 2.14. The first-order valence-electron chi connectivity index (χ1n) is 6.04. The van der Waals surface area contributed by atoms with Crippen LogP contribution in [-0.2, 0) is 0 Å². The van der Waals surface area contributed by atoms with Gasteiger partial charge in [0.2, 0.25) is 0 Å². The third-order valence-electron chi connectivity index (χ3n) is 2.71. The van der Waals surface area contributed by atoms with E-state index >= 15 is 0 Å². The van der Waals surface area contributed by atoms with Crippen molar-refractivity contribution in [1.82, 2.24) is 9.97 Å². The van der Waals surface area contributed by atoms with Crippen molar-refractivity contribution in [2.24, 2.45) is 0 Å². The van der Waals surface area contributed by atoms with Gasteiger partial charge in [-0.25, -0.2) is 9.97 Å². The van der Waals surface area contributed by atoms with Crippen molar-refractivity contribution >= 4 is 17.6 Å². The van der Waals surface area contributed by atoms with Crippen LogP contribution in [0.4, 0.5) is 5.82 Å². The van der Waals surface area contributed by atoms with Crippen LogP contribution in [0.3, 0.4) is 0 Å². The Morgan fingerprint density at radius 1 is 1.26 bits per heavy atom. The highest BCUT2D eigenvalue weighted by atomic mass is 32.2. The van der Waals surface area contributed by atoms with E-state index in [1.807, 2.05) is 24.3 Å². The quantitative estimate of drug-likeness (QED) is 0.867. The predicted octanol–water partition coefficient (Wildman–Crippen LogP) is 3.34. The van der Waals surface area contributed by atoms with Crippen molar-refractivity contribution in [2.75, 3.05) is 12.8 Å². The molecule has 0 spiro atoms. The van der Waals surface area contributed by atoms with Gasteiger partial charge in [-0.05, 0) is 24.1 Å². The zero-order valence-corrected chi connectivity index (χ0v) is 12.1. The van der Waals surface area contributed by atoms with Gasteiger partial charge in [0.25, 0.3) is 0 Å². The van der Waals surface area contributed by atoms with Gasteiger partial charge in [-0.1, -0.05) is 31.7 Å². The highest BCUT2D eigenvalue weighted by molar-refractivity contribution is 7.99. The summed E-state index contributed by atoms with van der Waals surface area (Å²) < 4.78 is 5.22. The van der Waals surface area contributed by atoms with Crippen molar-refractivity contribution in [3.05, 3.63) is 36.2 Å². The monoisotopic (exact) mass is 275 g/mol. The minimum Gasteiger partial charge on any atom is -0.497 e. The molecule has 100 valence electrons. The number of ether oxygens (including phenoxy) is 1. The van der Waals surface area contributed by atoms with E-state index in [-0.39, 0.29) is 5.92 Å². The van der Waals surface area contributed by atoms with E-state index in [0.717, 1.165) is 21.2 Å². The largest absolute Gasteiger partial charge is 0.497 e. The molecular weight excluding hydrogens is 258 g/mol. The Kier molecular flexibility index (Phi) is 4.27. The van der Waals surface area contributed by atoms with E-state index < -0.39 is 0 Å². The van der Waals surface area contributed by atoms with Crippen molar-refractivity contribution in [2.45, 2.75) is 29.7 Å². The second-order valence-electron chi connectivity index (χ2n) is 4.41. The molecule has 1 aromatic heterocycles. The third-order valence-corrected chi connectivity index (χ3v) is 3.72. The zero-order valence-electron chi connectivity index (χ0n) is 11.3. The lowest BCUT2D eigenvalue weighted by Crippen LogP contribution is -2.03. The molecule has 2 N–H and O–H groups in total. The van der Waals surface area contributed by atoms with E-state index in [0.29, 0.717) is 5.82 Å².